The van der Waals surface area contributed by atoms with Gasteiger partial charge in [-0.3, -0.25) is 0 Å². The van der Waals surface area contributed by atoms with Crippen molar-refractivity contribution >= 4 is 6.09 Å². The van der Waals surface area contributed by atoms with Gasteiger partial charge in [-0.2, -0.15) is 0 Å². The zero-order valence-electron chi connectivity index (χ0n) is 5.58. The van der Waals surface area contributed by atoms with Crippen molar-refractivity contribution in [3.8, 4) is 12.3 Å². The van der Waals surface area contributed by atoms with E-state index in [0.717, 1.165) is 6.42 Å². The zero-order valence-corrected chi connectivity index (χ0v) is 5.58. The fourth-order valence-electron chi connectivity index (χ4n) is 1.07. The number of hydrogen-bond acceptors (Lipinski definition) is 1. The van der Waals surface area contributed by atoms with E-state index in [-0.39, 0.29) is 5.92 Å². The first-order valence-corrected chi connectivity index (χ1v) is 3.18. The number of carboxylic acid groups (broad SMARTS) is 1. The minimum atomic E-state index is -0.863. The van der Waals surface area contributed by atoms with Crippen LogP contribution >= 0.6 is 0 Å². The number of nitrogens with zero attached hydrogens (tertiary/aromatic N) is 1. The Morgan fingerprint density at radius 1 is 1.80 bits per heavy atom. The van der Waals surface area contributed by atoms with Gasteiger partial charge in [-0.05, 0) is 6.42 Å². The molecule has 3 nitrogen and oxygen atoms in total. The van der Waals surface area contributed by atoms with E-state index in [0.29, 0.717) is 13.1 Å². The molecule has 1 fully saturated rings. The van der Waals surface area contributed by atoms with Crippen LogP contribution in [0.4, 0.5) is 4.79 Å². The molecule has 0 aromatic heterocycles. The maximum absolute atomic E-state index is 10.3. The lowest BCUT2D eigenvalue weighted by Crippen LogP contribution is -2.26. The minimum absolute atomic E-state index is 0.135. The Hall–Kier alpha value is -1.17. The summed E-state index contributed by atoms with van der Waals surface area (Å²) >= 11 is 0. The van der Waals surface area contributed by atoms with Crippen molar-refractivity contribution in [2.75, 3.05) is 13.1 Å². The van der Waals surface area contributed by atoms with Gasteiger partial charge in [0.05, 0.1) is 0 Å². The lowest BCUT2D eigenvalue weighted by atomic mass is 10.1. The van der Waals surface area contributed by atoms with Crippen LogP contribution < -0.4 is 0 Å². The fraction of sp³-hybridized carbons (Fsp3) is 0.571. The molecule has 1 aliphatic rings. The van der Waals surface area contributed by atoms with Crippen molar-refractivity contribution in [3.05, 3.63) is 0 Å². The van der Waals surface area contributed by atoms with Crippen molar-refractivity contribution < 1.29 is 9.90 Å². The van der Waals surface area contributed by atoms with Crippen molar-refractivity contribution in [1.82, 2.24) is 4.90 Å². The zero-order chi connectivity index (χ0) is 7.56. The number of rotatable bonds is 0. The number of hydrogen-bond donors (Lipinski definition) is 1. The van der Waals surface area contributed by atoms with Gasteiger partial charge >= 0.3 is 6.09 Å². The third kappa shape index (κ3) is 1.21. The molecule has 1 N–H and O–H groups in total. The van der Waals surface area contributed by atoms with Crippen LogP contribution in [-0.2, 0) is 0 Å². The van der Waals surface area contributed by atoms with Crippen LogP contribution in [0.2, 0.25) is 0 Å². The number of likely N-dealkylation sites (tertiary alicyclic amines) is 1. The largest absolute Gasteiger partial charge is 0.465 e. The lowest BCUT2D eigenvalue weighted by Gasteiger charge is -2.08. The number of amides is 1. The first kappa shape index (κ1) is 6.94. The summed E-state index contributed by atoms with van der Waals surface area (Å²) in [6, 6.07) is 0. The van der Waals surface area contributed by atoms with E-state index in [1.807, 2.05) is 0 Å². The molecule has 0 aromatic rings. The molecule has 0 radical (unpaired) electrons. The van der Waals surface area contributed by atoms with Gasteiger partial charge in [0.2, 0.25) is 0 Å². The summed E-state index contributed by atoms with van der Waals surface area (Å²) in [7, 11) is 0. The highest BCUT2D eigenvalue weighted by molar-refractivity contribution is 5.65. The summed E-state index contributed by atoms with van der Waals surface area (Å²) in [4.78, 5) is 11.7. The van der Waals surface area contributed by atoms with E-state index in [1.54, 1.807) is 0 Å². The molecule has 54 valence electrons. The normalized spacial score (nSPS) is 24.3. The molecule has 1 atom stereocenters. The maximum atomic E-state index is 10.3. The second-order valence-electron chi connectivity index (χ2n) is 2.38. The minimum Gasteiger partial charge on any atom is -0.465 e. The quantitative estimate of drug-likeness (QED) is 0.500. The summed E-state index contributed by atoms with van der Waals surface area (Å²) in [5.74, 6) is 2.68. The highest BCUT2D eigenvalue weighted by atomic mass is 16.4. The average molecular weight is 139 g/mol. The summed E-state index contributed by atoms with van der Waals surface area (Å²) < 4.78 is 0. The molecule has 1 unspecified atom stereocenters. The Morgan fingerprint density at radius 3 is 2.80 bits per heavy atom. The van der Waals surface area contributed by atoms with Gasteiger partial charge in [-0.1, -0.05) is 0 Å². The second kappa shape index (κ2) is 2.61. The third-order valence-electron chi connectivity index (χ3n) is 1.69. The molecule has 1 saturated heterocycles. The van der Waals surface area contributed by atoms with Crippen LogP contribution in [0.3, 0.4) is 0 Å². The van der Waals surface area contributed by atoms with Gasteiger partial charge in [0, 0.05) is 19.0 Å². The molecule has 1 heterocycles. The molecule has 3 heteroatoms. The Balaban J connectivity index is 2.45. The summed E-state index contributed by atoms with van der Waals surface area (Å²) in [5.41, 5.74) is 0. The molecule has 0 aromatic carbocycles. The topological polar surface area (TPSA) is 40.5 Å². The van der Waals surface area contributed by atoms with Crippen molar-refractivity contribution in [3.63, 3.8) is 0 Å². The van der Waals surface area contributed by atoms with Crippen LogP contribution in [0, 0.1) is 18.3 Å². The Kier molecular flexibility index (Phi) is 1.81. The smallest absolute Gasteiger partial charge is 0.407 e. The molecule has 1 aliphatic heterocycles. The van der Waals surface area contributed by atoms with Crippen LogP contribution in [0.1, 0.15) is 6.42 Å². The molecular formula is C7H9NO2. The molecule has 10 heavy (non-hydrogen) atoms. The predicted molar refractivity (Wildman–Crippen MR) is 36.5 cm³/mol. The molecule has 0 bridgehead atoms. The molecular weight excluding hydrogens is 130 g/mol. The van der Waals surface area contributed by atoms with Crippen molar-refractivity contribution in [1.29, 1.82) is 0 Å². The maximum Gasteiger partial charge on any atom is 0.407 e. The van der Waals surface area contributed by atoms with E-state index >= 15 is 0 Å². The van der Waals surface area contributed by atoms with Crippen LogP contribution in [0.25, 0.3) is 0 Å². The van der Waals surface area contributed by atoms with Gasteiger partial charge in [0.1, 0.15) is 0 Å². The predicted octanol–water partition coefficient (Wildman–Crippen LogP) is 0.619. The Labute approximate surface area is 59.6 Å². The van der Waals surface area contributed by atoms with E-state index in [9.17, 15) is 4.79 Å². The van der Waals surface area contributed by atoms with E-state index in [1.165, 1.54) is 4.90 Å². The van der Waals surface area contributed by atoms with Crippen molar-refractivity contribution in [2.45, 2.75) is 6.42 Å². The third-order valence-corrected chi connectivity index (χ3v) is 1.69. The fourth-order valence-corrected chi connectivity index (χ4v) is 1.07. The van der Waals surface area contributed by atoms with Gasteiger partial charge < -0.3 is 10.0 Å². The number of terminal acetylenes is 1. The highest BCUT2D eigenvalue weighted by Crippen LogP contribution is 2.14. The second-order valence-corrected chi connectivity index (χ2v) is 2.38. The van der Waals surface area contributed by atoms with Gasteiger partial charge in [0.25, 0.3) is 0 Å². The standard InChI is InChI=1S/C7H9NO2/c1-2-6-3-4-8(5-6)7(9)10/h1,6H,3-5H2,(H,9,10). The summed E-state index contributed by atoms with van der Waals surface area (Å²) in [6.45, 7) is 1.09. The first-order valence-electron chi connectivity index (χ1n) is 3.18. The highest BCUT2D eigenvalue weighted by Gasteiger charge is 2.23. The van der Waals surface area contributed by atoms with E-state index in [2.05, 4.69) is 5.92 Å². The van der Waals surface area contributed by atoms with Crippen LogP contribution in [0.15, 0.2) is 0 Å². The summed E-state index contributed by atoms with van der Waals surface area (Å²) in [5, 5.41) is 8.48. The monoisotopic (exact) mass is 139 g/mol. The van der Waals surface area contributed by atoms with E-state index < -0.39 is 6.09 Å². The molecule has 0 aliphatic carbocycles. The van der Waals surface area contributed by atoms with Gasteiger partial charge in [0.15, 0.2) is 0 Å². The molecule has 1 amide bonds. The van der Waals surface area contributed by atoms with Crippen LogP contribution in [0.5, 0.6) is 0 Å². The van der Waals surface area contributed by atoms with Gasteiger partial charge in [-0.15, -0.1) is 12.3 Å². The first-order chi connectivity index (χ1) is 4.74. The summed E-state index contributed by atoms with van der Waals surface area (Å²) in [6.07, 6.45) is 5.07. The average Bonchev–Trinajstić information content (AvgIpc) is 2.34. The van der Waals surface area contributed by atoms with Gasteiger partial charge in [-0.25, -0.2) is 4.79 Å². The molecule has 0 spiro atoms. The van der Waals surface area contributed by atoms with Crippen LogP contribution in [-0.4, -0.2) is 29.2 Å². The molecule has 1 rings (SSSR count). The lowest BCUT2D eigenvalue weighted by molar-refractivity contribution is 0.155. The number of carbonyl (C=O) groups is 1. The van der Waals surface area contributed by atoms with E-state index in [4.69, 9.17) is 11.5 Å². The Morgan fingerprint density at radius 2 is 2.50 bits per heavy atom. The molecule has 0 saturated carbocycles. The Bertz CT molecular complexity index is 183. The SMILES string of the molecule is C#CC1CCN(C(=O)O)C1. The van der Waals surface area contributed by atoms with Crippen molar-refractivity contribution in [2.24, 2.45) is 5.92 Å².